The van der Waals surface area contributed by atoms with Crippen molar-refractivity contribution >= 4 is 22.7 Å². The second kappa shape index (κ2) is 5.93. The molecule has 0 atom stereocenters. The van der Waals surface area contributed by atoms with Crippen molar-refractivity contribution < 1.29 is 5.11 Å². The van der Waals surface area contributed by atoms with Gasteiger partial charge in [0, 0.05) is 29.1 Å². The molecule has 0 fully saturated rings. The summed E-state index contributed by atoms with van der Waals surface area (Å²) in [7, 11) is 0. The Hall–Kier alpha value is -3.14. The van der Waals surface area contributed by atoms with Crippen molar-refractivity contribution in [3.63, 3.8) is 0 Å². The van der Waals surface area contributed by atoms with Crippen molar-refractivity contribution in [3.05, 3.63) is 66.0 Å². The van der Waals surface area contributed by atoms with E-state index >= 15 is 0 Å². The summed E-state index contributed by atoms with van der Waals surface area (Å²) in [4.78, 5) is 4.40. The Morgan fingerprint density at radius 1 is 1.13 bits per heavy atom. The number of phenols is 1. The normalized spacial score (nSPS) is 12.0. The molecule has 23 heavy (non-hydrogen) atoms. The van der Waals surface area contributed by atoms with Gasteiger partial charge in [-0.2, -0.15) is 0 Å². The molecule has 1 heterocycles. The van der Waals surface area contributed by atoms with Gasteiger partial charge in [-0.15, -0.1) is 0 Å². The predicted octanol–water partition coefficient (Wildman–Crippen LogP) is 3.95. The third-order valence-electron chi connectivity index (χ3n) is 3.80. The van der Waals surface area contributed by atoms with Gasteiger partial charge in [-0.25, -0.2) is 0 Å². The number of hydrogen-bond donors (Lipinski definition) is 3. The minimum absolute atomic E-state index is 0.237. The number of hydrogen-bond acceptors (Lipinski definition) is 4. The number of fused-ring (bicyclic) bond motifs is 1. The molecule has 2 aromatic carbocycles. The van der Waals surface area contributed by atoms with Gasteiger partial charge < -0.3 is 16.2 Å². The minimum Gasteiger partial charge on any atom is -0.508 e. The zero-order chi connectivity index (χ0) is 16.4. The molecule has 0 amide bonds. The van der Waals surface area contributed by atoms with Crippen LogP contribution in [0.3, 0.4) is 0 Å². The van der Waals surface area contributed by atoms with E-state index < -0.39 is 0 Å². The van der Waals surface area contributed by atoms with Gasteiger partial charge in [-0.3, -0.25) is 4.98 Å². The van der Waals surface area contributed by atoms with Gasteiger partial charge in [0.15, 0.2) is 0 Å². The van der Waals surface area contributed by atoms with E-state index in [1.54, 1.807) is 25.3 Å². The van der Waals surface area contributed by atoms with Gasteiger partial charge in [0.2, 0.25) is 0 Å². The number of phenolic OH excluding ortho intramolecular Hbond substituents is 1. The van der Waals surface area contributed by atoms with Crippen molar-refractivity contribution in [3.8, 4) is 16.9 Å². The van der Waals surface area contributed by atoms with E-state index in [-0.39, 0.29) is 5.75 Å². The van der Waals surface area contributed by atoms with Gasteiger partial charge >= 0.3 is 0 Å². The Labute approximate surface area is 134 Å². The lowest BCUT2D eigenvalue weighted by molar-refractivity contribution is 0.475. The van der Waals surface area contributed by atoms with E-state index in [2.05, 4.69) is 4.98 Å². The smallest absolute Gasteiger partial charge is 0.115 e. The molecule has 0 saturated heterocycles. The highest BCUT2D eigenvalue weighted by Crippen LogP contribution is 2.30. The van der Waals surface area contributed by atoms with Crippen molar-refractivity contribution in [1.82, 2.24) is 4.98 Å². The highest BCUT2D eigenvalue weighted by atomic mass is 16.3. The van der Waals surface area contributed by atoms with Gasteiger partial charge in [0.05, 0.1) is 5.52 Å². The van der Waals surface area contributed by atoms with Crippen LogP contribution >= 0.6 is 0 Å². The lowest BCUT2D eigenvalue weighted by atomic mass is 9.97. The van der Waals surface area contributed by atoms with E-state index in [9.17, 15) is 5.11 Å². The zero-order valence-corrected chi connectivity index (χ0v) is 12.7. The van der Waals surface area contributed by atoms with Crippen molar-refractivity contribution in [2.24, 2.45) is 5.73 Å². The van der Waals surface area contributed by atoms with E-state index in [1.807, 2.05) is 36.4 Å². The molecule has 0 aliphatic heterocycles. The Balaban J connectivity index is 2.25. The number of allylic oxidation sites excluding steroid dienone is 2. The highest BCUT2D eigenvalue weighted by molar-refractivity contribution is 6.11. The van der Waals surface area contributed by atoms with Crippen LogP contribution in [-0.4, -0.2) is 16.3 Å². The van der Waals surface area contributed by atoms with Crippen LogP contribution in [0.4, 0.5) is 0 Å². The molecule has 3 aromatic rings. The first-order valence-electron chi connectivity index (χ1n) is 7.25. The molecule has 0 aliphatic carbocycles. The molecule has 4 heteroatoms. The van der Waals surface area contributed by atoms with Crippen LogP contribution in [0.2, 0.25) is 0 Å². The van der Waals surface area contributed by atoms with Gasteiger partial charge in [0.25, 0.3) is 0 Å². The Morgan fingerprint density at radius 3 is 2.52 bits per heavy atom. The van der Waals surface area contributed by atoms with Crippen LogP contribution in [0.5, 0.6) is 5.75 Å². The maximum absolute atomic E-state index is 9.47. The first kappa shape index (κ1) is 14.8. The maximum atomic E-state index is 9.47. The van der Waals surface area contributed by atoms with Crippen LogP contribution < -0.4 is 5.73 Å². The topological polar surface area (TPSA) is 83.0 Å². The standard InChI is InChI=1S/C19H17N3O/c1-12(21)18(11-20)14-4-7-19-17(10-14)16(8-9-22-19)13-2-5-15(23)6-3-13/h2-11,20,23H,21H2,1H3. The van der Waals surface area contributed by atoms with E-state index in [4.69, 9.17) is 11.1 Å². The fourth-order valence-electron chi connectivity index (χ4n) is 2.63. The number of pyridine rings is 1. The summed E-state index contributed by atoms with van der Waals surface area (Å²) in [6, 6.07) is 14.9. The average Bonchev–Trinajstić information content (AvgIpc) is 2.55. The number of aromatic nitrogens is 1. The summed E-state index contributed by atoms with van der Waals surface area (Å²) in [5.74, 6) is 0.237. The molecular formula is C19H17N3O. The molecule has 0 aliphatic rings. The molecule has 0 unspecified atom stereocenters. The van der Waals surface area contributed by atoms with Crippen LogP contribution in [0, 0.1) is 5.41 Å². The molecule has 0 bridgehead atoms. The van der Waals surface area contributed by atoms with Crippen LogP contribution in [-0.2, 0) is 0 Å². The molecule has 1 aromatic heterocycles. The van der Waals surface area contributed by atoms with Crippen LogP contribution in [0.1, 0.15) is 12.5 Å². The number of nitrogens with one attached hydrogen (secondary N) is 1. The van der Waals surface area contributed by atoms with E-state index in [0.29, 0.717) is 11.3 Å². The Morgan fingerprint density at radius 2 is 1.87 bits per heavy atom. The monoisotopic (exact) mass is 303 g/mol. The Kier molecular flexibility index (Phi) is 3.81. The first-order chi connectivity index (χ1) is 11.1. The molecule has 0 spiro atoms. The second-order valence-corrected chi connectivity index (χ2v) is 5.38. The van der Waals surface area contributed by atoms with Gasteiger partial charge in [0.1, 0.15) is 5.75 Å². The van der Waals surface area contributed by atoms with Gasteiger partial charge in [-0.1, -0.05) is 18.2 Å². The molecule has 114 valence electrons. The first-order valence-corrected chi connectivity index (χ1v) is 7.25. The predicted molar refractivity (Wildman–Crippen MR) is 94.4 cm³/mol. The second-order valence-electron chi connectivity index (χ2n) is 5.38. The lowest BCUT2D eigenvalue weighted by Gasteiger charge is -2.10. The van der Waals surface area contributed by atoms with E-state index in [1.165, 1.54) is 6.21 Å². The summed E-state index contributed by atoms with van der Waals surface area (Å²) in [5.41, 5.74) is 11.0. The largest absolute Gasteiger partial charge is 0.508 e. The van der Waals surface area contributed by atoms with Gasteiger partial charge in [-0.05, 0) is 53.9 Å². The van der Waals surface area contributed by atoms with Crippen LogP contribution in [0.25, 0.3) is 27.6 Å². The highest BCUT2D eigenvalue weighted by Gasteiger charge is 2.08. The number of nitrogens with zero attached hydrogens (tertiary/aromatic N) is 1. The summed E-state index contributed by atoms with van der Waals surface area (Å²) in [5, 5.41) is 18.0. The number of nitrogens with two attached hydrogens (primary N) is 1. The zero-order valence-electron chi connectivity index (χ0n) is 12.7. The number of benzene rings is 2. The van der Waals surface area contributed by atoms with Crippen LogP contribution in [0.15, 0.2) is 60.4 Å². The summed E-state index contributed by atoms with van der Waals surface area (Å²) in [6.45, 7) is 1.79. The molecular weight excluding hydrogens is 286 g/mol. The molecule has 0 saturated carbocycles. The summed E-state index contributed by atoms with van der Waals surface area (Å²) in [6.07, 6.45) is 3.04. The average molecular weight is 303 g/mol. The fourth-order valence-corrected chi connectivity index (χ4v) is 2.63. The number of rotatable bonds is 3. The molecule has 0 radical (unpaired) electrons. The third-order valence-corrected chi connectivity index (χ3v) is 3.80. The minimum atomic E-state index is 0.237. The molecule has 4 N–H and O–H groups in total. The number of aromatic hydroxyl groups is 1. The Bertz CT molecular complexity index is 908. The lowest BCUT2D eigenvalue weighted by Crippen LogP contribution is -1.99. The third kappa shape index (κ3) is 2.79. The fraction of sp³-hybridized carbons (Fsp3) is 0.0526. The summed E-state index contributed by atoms with van der Waals surface area (Å²) < 4.78 is 0. The summed E-state index contributed by atoms with van der Waals surface area (Å²) >= 11 is 0. The van der Waals surface area contributed by atoms with E-state index in [0.717, 1.165) is 27.6 Å². The maximum Gasteiger partial charge on any atom is 0.115 e. The van der Waals surface area contributed by atoms with Crippen molar-refractivity contribution in [2.75, 3.05) is 0 Å². The SMILES string of the molecule is CC(N)=C(C=N)c1ccc2nccc(-c3ccc(O)cc3)c2c1. The quantitative estimate of drug-likeness (QED) is 0.641. The van der Waals surface area contributed by atoms with Crippen molar-refractivity contribution in [2.45, 2.75) is 6.92 Å². The van der Waals surface area contributed by atoms with Crippen molar-refractivity contribution in [1.29, 1.82) is 5.41 Å². The molecule has 4 nitrogen and oxygen atoms in total. The molecule has 3 rings (SSSR count).